The van der Waals surface area contributed by atoms with Crippen molar-refractivity contribution in [2.45, 2.75) is 42.8 Å². The Balaban J connectivity index is 1.56. The summed E-state index contributed by atoms with van der Waals surface area (Å²) in [5.74, 6) is 1.05. The maximum atomic E-state index is 13.1. The standard InChI is InChI=1S/C19H22BrNO3/c1-24-16(22)14-3-2-4-15(6-14)21-17(23)18-7-12-5-13(8-18)10-19(20,9-12)11-18/h2-4,6,12-13H,5,7-11H2,1H3,(H,21,23). The summed E-state index contributed by atoms with van der Waals surface area (Å²) in [5, 5.41) is 3.07. The van der Waals surface area contributed by atoms with Crippen molar-refractivity contribution >= 4 is 33.5 Å². The molecule has 4 fully saturated rings. The molecule has 0 radical (unpaired) electrons. The first-order valence-electron chi connectivity index (χ1n) is 8.60. The Kier molecular flexibility index (Phi) is 3.75. The van der Waals surface area contributed by atoms with Gasteiger partial charge in [-0.15, -0.1) is 0 Å². The van der Waals surface area contributed by atoms with Gasteiger partial charge in [0, 0.05) is 10.0 Å². The van der Waals surface area contributed by atoms with Crippen LogP contribution in [0.15, 0.2) is 24.3 Å². The normalized spacial score (nSPS) is 36.4. The van der Waals surface area contributed by atoms with E-state index < -0.39 is 0 Å². The van der Waals surface area contributed by atoms with Crippen molar-refractivity contribution in [3.8, 4) is 0 Å². The summed E-state index contributed by atoms with van der Waals surface area (Å²) in [7, 11) is 1.36. The highest BCUT2D eigenvalue weighted by Gasteiger charge is 2.59. The molecule has 0 saturated heterocycles. The Bertz CT molecular complexity index is 688. The minimum atomic E-state index is -0.389. The third-order valence-electron chi connectivity index (χ3n) is 6.01. The van der Waals surface area contributed by atoms with E-state index in [1.165, 1.54) is 26.4 Å². The second-order valence-electron chi connectivity index (χ2n) is 7.92. The molecule has 4 nitrogen and oxygen atoms in total. The Morgan fingerprint density at radius 2 is 1.92 bits per heavy atom. The lowest BCUT2D eigenvalue weighted by Gasteiger charge is -2.59. The summed E-state index contributed by atoms with van der Waals surface area (Å²) in [4.78, 5) is 24.8. The van der Waals surface area contributed by atoms with Gasteiger partial charge >= 0.3 is 5.97 Å². The van der Waals surface area contributed by atoms with Gasteiger partial charge in [0.1, 0.15) is 0 Å². The second kappa shape index (κ2) is 5.58. The highest BCUT2D eigenvalue weighted by Crippen LogP contribution is 2.64. The van der Waals surface area contributed by atoms with Gasteiger partial charge in [-0.3, -0.25) is 4.79 Å². The van der Waals surface area contributed by atoms with Gasteiger partial charge in [0.2, 0.25) is 5.91 Å². The Labute approximate surface area is 150 Å². The van der Waals surface area contributed by atoms with Crippen LogP contribution in [0.25, 0.3) is 0 Å². The van der Waals surface area contributed by atoms with Gasteiger partial charge in [-0.1, -0.05) is 22.0 Å². The molecule has 4 aliphatic rings. The van der Waals surface area contributed by atoms with Crippen LogP contribution in [0.3, 0.4) is 0 Å². The first-order valence-corrected chi connectivity index (χ1v) is 9.39. The summed E-state index contributed by atoms with van der Waals surface area (Å²) in [5.41, 5.74) is 0.870. The number of carbonyl (C=O) groups is 2. The molecule has 24 heavy (non-hydrogen) atoms. The molecule has 0 aromatic heterocycles. The number of ether oxygens (including phenoxy) is 1. The monoisotopic (exact) mass is 391 g/mol. The number of amides is 1. The molecule has 5 heteroatoms. The number of alkyl halides is 1. The fraction of sp³-hybridized carbons (Fsp3) is 0.579. The van der Waals surface area contributed by atoms with Gasteiger partial charge in [0.05, 0.1) is 18.1 Å². The molecule has 128 valence electrons. The smallest absolute Gasteiger partial charge is 0.337 e. The molecule has 0 heterocycles. The van der Waals surface area contributed by atoms with Crippen LogP contribution in [0.2, 0.25) is 0 Å². The molecule has 4 saturated carbocycles. The number of rotatable bonds is 3. The Morgan fingerprint density at radius 3 is 2.54 bits per heavy atom. The van der Waals surface area contributed by atoms with Crippen LogP contribution in [-0.4, -0.2) is 23.3 Å². The molecule has 4 bridgehead atoms. The number of hydrogen-bond donors (Lipinski definition) is 1. The van der Waals surface area contributed by atoms with Gasteiger partial charge in [-0.05, 0) is 68.6 Å². The van der Waals surface area contributed by atoms with Crippen LogP contribution in [0.5, 0.6) is 0 Å². The molecule has 1 aromatic carbocycles. The van der Waals surface area contributed by atoms with Crippen molar-refractivity contribution in [3.63, 3.8) is 0 Å². The molecule has 5 rings (SSSR count). The molecule has 4 aliphatic carbocycles. The Morgan fingerprint density at radius 1 is 1.21 bits per heavy atom. The predicted octanol–water partition coefficient (Wildman–Crippen LogP) is 4.15. The fourth-order valence-corrected chi connectivity index (χ4v) is 6.97. The van der Waals surface area contributed by atoms with Crippen LogP contribution >= 0.6 is 15.9 Å². The third kappa shape index (κ3) is 2.67. The van der Waals surface area contributed by atoms with E-state index in [1.54, 1.807) is 18.2 Å². The minimum absolute atomic E-state index is 0.113. The summed E-state index contributed by atoms with van der Waals surface area (Å²) >= 11 is 3.95. The average Bonchev–Trinajstić information content (AvgIpc) is 2.52. The van der Waals surface area contributed by atoms with E-state index in [-0.39, 0.29) is 21.6 Å². The fourth-order valence-electron chi connectivity index (χ4n) is 5.52. The number of halogens is 1. The van der Waals surface area contributed by atoms with Gasteiger partial charge in [0.15, 0.2) is 0 Å². The number of esters is 1. The van der Waals surface area contributed by atoms with E-state index in [1.807, 2.05) is 6.07 Å². The van der Waals surface area contributed by atoms with Crippen molar-refractivity contribution in [2.24, 2.45) is 17.3 Å². The molecule has 1 amide bonds. The van der Waals surface area contributed by atoms with Crippen molar-refractivity contribution in [2.75, 3.05) is 12.4 Å². The zero-order valence-corrected chi connectivity index (χ0v) is 15.4. The summed E-state index contributed by atoms with van der Waals surface area (Å²) < 4.78 is 4.91. The van der Waals surface area contributed by atoms with Crippen LogP contribution in [-0.2, 0) is 9.53 Å². The molecule has 2 unspecified atom stereocenters. The summed E-state index contributed by atoms with van der Waals surface area (Å²) in [6.45, 7) is 0. The van der Waals surface area contributed by atoms with Gasteiger partial charge in [0.25, 0.3) is 0 Å². The maximum absolute atomic E-state index is 13.1. The van der Waals surface area contributed by atoms with Crippen LogP contribution < -0.4 is 5.32 Å². The van der Waals surface area contributed by atoms with E-state index in [4.69, 9.17) is 4.74 Å². The van der Waals surface area contributed by atoms with E-state index in [0.717, 1.165) is 19.3 Å². The van der Waals surface area contributed by atoms with Crippen LogP contribution in [0.1, 0.15) is 48.9 Å². The zero-order valence-electron chi connectivity index (χ0n) is 13.8. The van der Waals surface area contributed by atoms with Crippen molar-refractivity contribution in [1.29, 1.82) is 0 Å². The highest BCUT2D eigenvalue weighted by atomic mass is 79.9. The van der Waals surface area contributed by atoms with E-state index >= 15 is 0 Å². The number of nitrogens with one attached hydrogen (secondary N) is 1. The average molecular weight is 392 g/mol. The molecule has 2 atom stereocenters. The second-order valence-corrected chi connectivity index (χ2v) is 9.60. The minimum Gasteiger partial charge on any atom is -0.465 e. The van der Waals surface area contributed by atoms with Crippen molar-refractivity contribution in [1.82, 2.24) is 0 Å². The zero-order chi connectivity index (χ0) is 16.9. The summed E-state index contributed by atoms with van der Waals surface area (Å²) in [6.07, 6.45) is 6.61. The molecule has 1 aromatic rings. The lowest BCUT2D eigenvalue weighted by molar-refractivity contribution is -0.138. The highest BCUT2D eigenvalue weighted by molar-refractivity contribution is 9.10. The van der Waals surface area contributed by atoms with Crippen LogP contribution in [0, 0.1) is 17.3 Å². The first-order chi connectivity index (χ1) is 11.4. The number of methoxy groups -OCH3 is 1. The first kappa shape index (κ1) is 16.1. The predicted molar refractivity (Wildman–Crippen MR) is 95.2 cm³/mol. The van der Waals surface area contributed by atoms with E-state index in [0.29, 0.717) is 23.1 Å². The van der Waals surface area contributed by atoms with Gasteiger partial charge < -0.3 is 10.1 Å². The molecule has 0 spiro atoms. The van der Waals surface area contributed by atoms with Crippen molar-refractivity contribution < 1.29 is 14.3 Å². The largest absolute Gasteiger partial charge is 0.465 e. The number of benzene rings is 1. The van der Waals surface area contributed by atoms with E-state index in [2.05, 4.69) is 21.2 Å². The molecule has 1 N–H and O–H groups in total. The SMILES string of the molecule is COC(=O)c1cccc(NC(=O)C23CC4CC(CC(Br)(C4)C2)C3)c1. The number of hydrogen-bond acceptors (Lipinski definition) is 3. The van der Waals surface area contributed by atoms with Gasteiger partial charge in [-0.25, -0.2) is 4.79 Å². The lowest BCUT2D eigenvalue weighted by atomic mass is 9.49. The van der Waals surface area contributed by atoms with E-state index in [9.17, 15) is 9.59 Å². The number of carbonyl (C=O) groups excluding carboxylic acids is 2. The maximum Gasteiger partial charge on any atom is 0.337 e. The van der Waals surface area contributed by atoms with Crippen LogP contribution in [0.4, 0.5) is 5.69 Å². The molecular weight excluding hydrogens is 370 g/mol. The number of anilines is 1. The topological polar surface area (TPSA) is 55.4 Å². The Hall–Kier alpha value is -1.36. The molecule has 0 aliphatic heterocycles. The summed E-state index contributed by atoms with van der Waals surface area (Å²) in [6, 6.07) is 6.98. The quantitative estimate of drug-likeness (QED) is 0.621. The third-order valence-corrected chi connectivity index (χ3v) is 6.94. The molecular formula is C19H22BrNO3. The van der Waals surface area contributed by atoms with Gasteiger partial charge in [-0.2, -0.15) is 0 Å². The van der Waals surface area contributed by atoms with Crippen molar-refractivity contribution in [3.05, 3.63) is 29.8 Å². The lowest BCUT2D eigenvalue weighted by Crippen LogP contribution is -2.57.